The molecular weight excluding hydrogens is 1080 g/mol. The van der Waals surface area contributed by atoms with Crippen LogP contribution in [-0.2, 0) is 23.7 Å². The maximum Gasteiger partial charge on any atom is 0.0540 e. The zero-order valence-electron chi connectivity index (χ0n) is 50.3. The molecule has 0 spiro atoms. The minimum atomic E-state index is -0.461. The summed E-state index contributed by atoms with van der Waals surface area (Å²) in [4.78, 5) is 4.97. The summed E-state index contributed by atoms with van der Waals surface area (Å²) in [5.74, 6) is 0. The highest BCUT2D eigenvalue weighted by Crippen LogP contribution is 2.59. The molecule has 0 radical (unpaired) electrons. The van der Waals surface area contributed by atoms with Gasteiger partial charge >= 0.3 is 0 Å². The van der Waals surface area contributed by atoms with Gasteiger partial charge in [0, 0.05) is 38.9 Å². The first kappa shape index (κ1) is 54.3. The Balaban J connectivity index is 0.845. The molecule has 90 heavy (non-hydrogen) atoms. The molecule has 3 aliphatic carbocycles. The molecule has 2 heteroatoms. The van der Waals surface area contributed by atoms with Gasteiger partial charge in [0.2, 0.25) is 0 Å². The summed E-state index contributed by atoms with van der Waals surface area (Å²) in [6, 6.07) is 113. The quantitative estimate of drug-likeness (QED) is 0.101. The van der Waals surface area contributed by atoms with Crippen LogP contribution in [0.5, 0.6) is 0 Å². The molecule has 428 valence electrons. The van der Waals surface area contributed by atoms with E-state index in [4.69, 9.17) is 0 Å². The van der Waals surface area contributed by atoms with Gasteiger partial charge in [0.1, 0.15) is 0 Å². The number of hydrogen-bond acceptors (Lipinski definition) is 2. The molecule has 0 aliphatic heterocycles. The highest BCUT2D eigenvalue weighted by molar-refractivity contribution is 6.13. The van der Waals surface area contributed by atoms with Crippen LogP contribution in [0.2, 0.25) is 0 Å². The van der Waals surface area contributed by atoms with Crippen molar-refractivity contribution < 1.29 is 0 Å². The third kappa shape index (κ3) is 8.93. The summed E-state index contributed by atoms with van der Waals surface area (Å²) in [5.41, 5.74) is 26.3. The fraction of sp³-hybridized carbons (Fsp3) is 0.0682. The molecule has 0 saturated heterocycles. The van der Waals surface area contributed by atoms with Crippen molar-refractivity contribution in [3.05, 3.63) is 390 Å². The number of nitrogens with zero attached hydrogens (tertiary/aromatic N) is 2. The number of anilines is 6. The number of fused-ring (bicyclic) bond motifs is 7. The summed E-state index contributed by atoms with van der Waals surface area (Å²) in [6.45, 7) is 8.14. The van der Waals surface area contributed by atoms with Crippen molar-refractivity contribution in [1.82, 2.24) is 0 Å². The summed E-state index contributed by atoms with van der Waals surface area (Å²) in [6.07, 6.45) is 12.3. The first-order valence-corrected chi connectivity index (χ1v) is 31.6. The summed E-state index contributed by atoms with van der Waals surface area (Å²) in [7, 11) is 0. The van der Waals surface area contributed by atoms with Crippen LogP contribution in [-0.4, -0.2) is 0 Å². The minimum Gasteiger partial charge on any atom is -0.310 e. The Morgan fingerprint density at radius 2 is 0.744 bits per heavy atom. The van der Waals surface area contributed by atoms with E-state index in [0.717, 1.165) is 70.9 Å². The van der Waals surface area contributed by atoms with Crippen molar-refractivity contribution in [2.45, 2.75) is 36.5 Å². The predicted octanol–water partition coefficient (Wildman–Crippen LogP) is 23.1. The largest absolute Gasteiger partial charge is 0.310 e. The van der Waals surface area contributed by atoms with Gasteiger partial charge in [0.25, 0.3) is 0 Å². The van der Waals surface area contributed by atoms with Crippen LogP contribution in [0.3, 0.4) is 0 Å². The Hall–Kier alpha value is -11.1. The average molecular weight is 1150 g/mol. The molecule has 0 fully saturated rings. The first-order valence-electron chi connectivity index (χ1n) is 31.6. The molecule has 0 heterocycles. The normalized spacial score (nSPS) is 16.1. The van der Waals surface area contributed by atoms with Crippen molar-refractivity contribution in [3.8, 4) is 22.3 Å². The Morgan fingerprint density at radius 3 is 1.27 bits per heavy atom. The molecule has 0 saturated carbocycles. The zero-order valence-corrected chi connectivity index (χ0v) is 50.3. The van der Waals surface area contributed by atoms with E-state index in [0.29, 0.717) is 0 Å². The predicted molar refractivity (Wildman–Crippen MR) is 381 cm³/mol. The van der Waals surface area contributed by atoms with Gasteiger partial charge in [-0.2, -0.15) is 0 Å². The van der Waals surface area contributed by atoms with E-state index in [1.54, 1.807) is 0 Å². The van der Waals surface area contributed by atoms with Gasteiger partial charge in [0.15, 0.2) is 0 Å². The number of hydrogen-bond donors (Lipinski definition) is 0. The van der Waals surface area contributed by atoms with E-state index >= 15 is 0 Å². The Morgan fingerprint density at radius 1 is 0.333 bits per heavy atom. The Kier molecular flexibility index (Phi) is 13.6. The topological polar surface area (TPSA) is 6.48 Å². The monoisotopic (exact) mass is 1150 g/mol. The molecule has 16 rings (SSSR count). The van der Waals surface area contributed by atoms with Crippen LogP contribution in [0.25, 0.3) is 61.5 Å². The van der Waals surface area contributed by atoms with Crippen molar-refractivity contribution in [2.75, 3.05) is 9.80 Å². The first-order chi connectivity index (χ1) is 44.5. The van der Waals surface area contributed by atoms with E-state index in [-0.39, 0.29) is 5.41 Å². The lowest BCUT2D eigenvalue weighted by atomic mass is 9.66. The highest BCUT2D eigenvalue weighted by atomic mass is 15.1. The molecule has 0 bridgehead atoms. The van der Waals surface area contributed by atoms with Crippen molar-refractivity contribution in [3.63, 3.8) is 0 Å². The molecule has 0 amide bonds. The van der Waals surface area contributed by atoms with E-state index < -0.39 is 5.41 Å². The fourth-order valence-corrected chi connectivity index (χ4v) is 15.5. The van der Waals surface area contributed by atoms with Crippen LogP contribution in [0, 0.1) is 0 Å². The smallest absolute Gasteiger partial charge is 0.0540 e. The second-order valence-corrected chi connectivity index (χ2v) is 24.3. The second-order valence-electron chi connectivity index (χ2n) is 24.3. The fourth-order valence-electron chi connectivity index (χ4n) is 15.5. The van der Waals surface area contributed by atoms with Crippen LogP contribution in [0.15, 0.2) is 334 Å². The average Bonchev–Trinajstić information content (AvgIpc) is 1.55. The maximum atomic E-state index is 4.08. The number of rotatable bonds is 15. The van der Waals surface area contributed by atoms with E-state index in [1.165, 1.54) is 99.5 Å². The van der Waals surface area contributed by atoms with Crippen molar-refractivity contribution in [1.29, 1.82) is 0 Å². The number of allylic oxidation sites excluding steroid dienone is 4. The Bertz CT molecular complexity index is 4960. The molecular formula is C88H66N2. The van der Waals surface area contributed by atoms with E-state index in [1.807, 2.05) is 12.2 Å². The molecule has 13 aromatic rings. The highest BCUT2D eigenvalue weighted by Gasteiger charge is 2.47. The molecule has 0 N–H and O–H groups in total. The molecule has 2 atom stereocenters. The van der Waals surface area contributed by atoms with Gasteiger partial charge in [-0.15, -0.1) is 0 Å². The van der Waals surface area contributed by atoms with Gasteiger partial charge in [-0.05, 0) is 186 Å². The summed E-state index contributed by atoms with van der Waals surface area (Å²) >= 11 is 0. The molecule has 0 aromatic heterocycles. The number of benzene rings is 13. The van der Waals surface area contributed by atoms with Crippen LogP contribution < -0.4 is 9.80 Å². The lowest BCUT2D eigenvalue weighted by Gasteiger charge is -2.37. The third-order valence-electron chi connectivity index (χ3n) is 19.6. The van der Waals surface area contributed by atoms with E-state index in [2.05, 4.69) is 338 Å². The standard InChI is InChI=1S/C88H66N2/c1-3-61-41-45-63(46-42-61)59-87(65-25-9-5-10-26-65)81-39-23-21-35-75(81)77-51-49-69(57-83(77)87)89(67-29-13-7-14-30-67)85-55-53-73(71-33-17-19-37-79(71)85)74-54-56-86(80-38-20-18-34-72(74)80)90(68-31-15-8-16-32-68)70-50-52-78-76-36-22-24-40-82(76)88(84(78)58-70,66-27-11-6-12-28-66)60-64-47-43-62(4-2)44-48-64/h3-23,25-39,41-58H,1-2,24,40,59-60H2. The zero-order chi connectivity index (χ0) is 60.2. The van der Waals surface area contributed by atoms with Crippen molar-refractivity contribution >= 4 is 73.4 Å². The van der Waals surface area contributed by atoms with Crippen LogP contribution in [0.1, 0.15) is 68.5 Å². The lowest BCUT2D eigenvalue weighted by Crippen LogP contribution is -2.31. The summed E-state index contributed by atoms with van der Waals surface area (Å²) in [5, 5.41) is 4.71. The lowest BCUT2D eigenvalue weighted by molar-refractivity contribution is 0.585. The minimum absolute atomic E-state index is 0.377. The van der Waals surface area contributed by atoms with Gasteiger partial charge < -0.3 is 9.80 Å². The number of para-hydroxylation sites is 2. The molecule has 3 aliphatic rings. The van der Waals surface area contributed by atoms with Crippen molar-refractivity contribution in [2.24, 2.45) is 0 Å². The van der Waals surface area contributed by atoms with Crippen LogP contribution in [0.4, 0.5) is 34.1 Å². The van der Waals surface area contributed by atoms with Crippen LogP contribution >= 0.6 is 0 Å². The second kappa shape index (κ2) is 22.6. The van der Waals surface area contributed by atoms with E-state index in [9.17, 15) is 0 Å². The van der Waals surface area contributed by atoms with Gasteiger partial charge in [-0.1, -0.05) is 280 Å². The molecule has 13 aromatic carbocycles. The molecule has 2 nitrogen and oxygen atoms in total. The summed E-state index contributed by atoms with van der Waals surface area (Å²) < 4.78 is 0. The van der Waals surface area contributed by atoms with Gasteiger partial charge in [0.05, 0.1) is 16.8 Å². The third-order valence-corrected chi connectivity index (χ3v) is 19.6. The molecule has 2 unspecified atom stereocenters. The maximum absolute atomic E-state index is 4.08. The Labute approximate surface area is 528 Å². The SMILES string of the molecule is C=Cc1ccc(CC2(c3ccccc3)C3=C(C=CCC3)c3ccc(N(c4ccccc4)c4ccc(-c5ccc(N(c6ccccc6)c6ccc7c(c6)C(Cc6ccc(C=C)cc6)(c6ccccc6)c6ccccc6-7)c6ccccc56)c5ccccc45)cc32)cc1. The van der Waals surface area contributed by atoms with Gasteiger partial charge in [-0.3, -0.25) is 0 Å². The van der Waals surface area contributed by atoms with Gasteiger partial charge in [-0.25, -0.2) is 0 Å².